The summed E-state index contributed by atoms with van der Waals surface area (Å²) in [5.41, 5.74) is 0.320. The maximum absolute atomic E-state index is 13.3. The standard InChI is InChI=1S/C21H24N2O4S3/c1-15(2)21(18-10-6-12-28-18)22-19(24)14-23(16-8-4-5-9-17(16)27-3)30(25,26)20-11-7-13-29-20/h4-13,15,21H,14H2,1-3H3,(H,22,24). The number of benzene rings is 1. The number of rotatable bonds is 9. The molecule has 9 heteroatoms. The van der Waals surface area contributed by atoms with Gasteiger partial charge in [-0.3, -0.25) is 9.10 Å². The van der Waals surface area contributed by atoms with Gasteiger partial charge in [0.1, 0.15) is 16.5 Å². The summed E-state index contributed by atoms with van der Waals surface area (Å²) in [6.45, 7) is 3.69. The zero-order valence-electron chi connectivity index (χ0n) is 16.9. The number of nitrogens with zero attached hydrogens (tertiary/aromatic N) is 1. The van der Waals surface area contributed by atoms with E-state index in [1.807, 2.05) is 31.4 Å². The number of carbonyl (C=O) groups excluding carboxylic acids is 1. The first-order valence-corrected chi connectivity index (χ1v) is 12.6. The Balaban J connectivity index is 1.94. The molecule has 0 saturated heterocycles. The highest BCUT2D eigenvalue weighted by Gasteiger charge is 2.31. The Kier molecular flexibility index (Phi) is 7.17. The minimum Gasteiger partial charge on any atom is -0.495 e. The normalized spacial score (nSPS) is 12.5. The number of anilines is 1. The first kappa shape index (κ1) is 22.3. The Hall–Kier alpha value is -2.36. The van der Waals surface area contributed by atoms with E-state index in [-0.39, 0.29) is 28.6 Å². The van der Waals surface area contributed by atoms with Crippen molar-refractivity contribution in [3.63, 3.8) is 0 Å². The van der Waals surface area contributed by atoms with E-state index in [0.29, 0.717) is 11.4 Å². The molecule has 0 fully saturated rings. The van der Waals surface area contributed by atoms with Crippen LogP contribution in [0.2, 0.25) is 0 Å². The molecule has 1 amide bonds. The molecular weight excluding hydrogens is 440 g/mol. The van der Waals surface area contributed by atoms with Crippen LogP contribution in [0.25, 0.3) is 0 Å². The summed E-state index contributed by atoms with van der Waals surface area (Å²) in [4.78, 5) is 14.0. The van der Waals surface area contributed by atoms with Crippen molar-refractivity contribution in [1.29, 1.82) is 0 Å². The Morgan fingerprint density at radius 2 is 1.77 bits per heavy atom. The first-order valence-electron chi connectivity index (χ1n) is 9.36. The average Bonchev–Trinajstić information content (AvgIpc) is 3.44. The van der Waals surface area contributed by atoms with E-state index in [1.165, 1.54) is 13.2 Å². The molecule has 0 aliphatic carbocycles. The number of hydrogen-bond acceptors (Lipinski definition) is 6. The molecule has 1 atom stereocenters. The summed E-state index contributed by atoms with van der Waals surface area (Å²) >= 11 is 2.67. The Morgan fingerprint density at radius 3 is 2.37 bits per heavy atom. The summed E-state index contributed by atoms with van der Waals surface area (Å²) in [5.74, 6) is 0.151. The summed E-state index contributed by atoms with van der Waals surface area (Å²) in [6, 6.07) is 13.7. The molecule has 1 aromatic carbocycles. The number of hydrogen-bond donors (Lipinski definition) is 1. The number of nitrogens with one attached hydrogen (secondary N) is 1. The lowest BCUT2D eigenvalue weighted by Gasteiger charge is -2.27. The SMILES string of the molecule is COc1ccccc1N(CC(=O)NC(c1cccs1)C(C)C)S(=O)(=O)c1cccs1. The van der Waals surface area contributed by atoms with Gasteiger partial charge in [-0.25, -0.2) is 8.42 Å². The predicted molar refractivity (Wildman–Crippen MR) is 122 cm³/mol. The molecule has 0 aliphatic rings. The summed E-state index contributed by atoms with van der Waals surface area (Å²) in [6.07, 6.45) is 0. The van der Waals surface area contributed by atoms with E-state index in [9.17, 15) is 13.2 Å². The second-order valence-electron chi connectivity index (χ2n) is 6.92. The van der Waals surface area contributed by atoms with E-state index in [0.717, 1.165) is 20.5 Å². The van der Waals surface area contributed by atoms with Gasteiger partial charge in [0.2, 0.25) is 5.91 Å². The van der Waals surface area contributed by atoms with Crippen molar-refractivity contribution >= 4 is 44.3 Å². The number of para-hydroxylation sites is 2. The fourth-order valence-corrected chi connectivity index (χ4v) is 6.52. The Morgan fingerprint density at radius 1 is 1.07 bits per heavy atom. The van der Waals surface area contributed by atoms with Crippen molar-refractivity contribution in [3.05, 3.63) is 64.2 Å². The molecule has 3 rings (SSSR count). The quantitative estimate of drug-likeness (QED) is 0.505. The van der Waals surface area contributed by atoms with Gasteiger partial charge < -0.3 is 10.1 Å². The van der Waals surface area contributed by atoms with E-state index in [2.05, 4.69) is 5.32 Å². The summed E-state index contributed by atoms with van der Waals surface area (Å²) in [5, 5.41) is 6.65. The Bertz CT molecular complexity index is 1060. The third-order valence-electron chi connectivity index (χ3n) is 4.51. The average molecular weight is 465 g/mol. The first-order chi connectivity index (χ1) is 14.3. The number of methoxy groups -OCH3 is 1. The zero-order chi connectivity index (χ0) is 21.7. The van der Waals surface area contributed by atoms with Crippen LogP contribution in [0.1, 0.15) is 24.8 Å². The topological polar surface area (TPSA) is 75.7 Å². The maximum Gasteiger partial charge on any atom is 0.274 e. The third-order valence-corrected chi connectivity index (χ3v) is 8.60. The van der Waals surface area contributed by atoms with Crippen molar-refractivity contribution in [2.75, 3.05) is 18.0 Å². The van der Waals surface area contributed by atoms with Crippen LogP contribution in [0.3, 0.4) is 0 Å². The monoisotopic (exact) mass is 464 g/mol. The number of ether oxygens (including phenoxy) is 1. The molecule has 0 saturated carbocycles. The van der Waals surface area contributed by atoms with Crippen molar-refractivity contribution < 1.29 is 17.9 Å². The van der Waals surface area contributed by atoms with Gasteiger partial charge in [0.15, 0.2) is 0 Å². The Labute approximate surface area is 185 Å². The van der Waals surface area contributed by atoms with Gasteiger partial charge in [-0.2, -0.15) is 0 Å². The van der Waals surface area contributed by atoms with Crippen LogP contribution in [0.15, 0.2) is 63.5 Å². The molecule has 160 valence electrons. The van der Waals surface area contributed by atoms with E-state index in [1.54, 1.807) is 47.0 Å². The van der Waals surface area contributed by atoms with Crippen LogP contribution in [-0.2, 0) is 14.8 Å². The highest BCUT2D eigenvalue weighted by Crippen LogP contribution is 2.33. The molecule has 1 N–H and O–H groups in total. The minimum atomic E-state index is -3.93. The van der Waals surface area contributed by atoms with Crippen molar-refractivity contribution in [2.45, 2.75) is 24.1 Å². The molecular formula is C21H24N2O4S3. The largest absolute Gasteiger partial charge is 0.495 e. The number of carbonyl (C=O) groups is 1. The van der Waals surface area contributed by atoms with Crippen LogP contribution in [-0.4, -0.2) is 28.0 Å². The van der Waals surface area contributed by atoms with Crippen LogP contribution >= 0.6 is 22.7 Å². The number of thiophene rings is 2. The second-order valence-corrected chi connectivity index (χ2v) is 10.9. The minimum absolute atomic E-state index is 0.154. The van der Waals surface area contributed by atoms with Crippen LogP contribution < -0.4 is 14.4 Å². The smallest absolute Gasteiger partial charge is 0.274 e. The summed E-state index contributed by atoms with van der Waals surface area (Å²) in [7, 11) is -2.46. The van der Waals surface area contributed by atoms with Gasteiger partial charge in [0.25, 0.3) is 10.0 Å². The lowest BCUT2D eigenvalue weighted by Crippen LogP contribution is -2.42. The van der Waals surface area contributed by atoms with Gasteiger partial charge in [0, 0.05) is 4.88 Å². The molecule has 30 heavy (non-hydrogen) atoms. The van der Waals surface area contributed by atoms with Crippen LogP contribution in [0, 0.1) is 5.92 Å². The molecule has 1 unspecified atom stereocenters. The van der Waals surface area contributed by atoms with Gasteiger partial charge in [-0.1, -0.05) is 38.1 Å². The van der Waals surface area contributed by atoms with Crippen LogP contribution in [0.5, 0.6) is 5.75 Å². The summed E-state index contributed by atoms with van der Waals surface area (Å²) < 4.78 is 33.3. The van der Waals surface area contributed by atoms with Gasteiger partial charge in [-0.05, 0) is 40.9 Å². The molecule has 0 aliphatic heterocycles. The van der Waals surface area contributed by atoms with E-state index < -0.39 is 10.0 Å². The highest BCUT2D eigenvalue weighted by molar-refractivity contribution is 7.94. The fraction of sp³-hybridized carbons (Fsp3) is 0.286. The molecule has 0 radical (unpaired) electrons. The molecule has 0 bridgehead atoms. The van der Waals surface area contributed by atoms with E-state index >= 15 is 0 Å². The second kappa shape index (κ2) is 9.63. The molecule has 6 nitrogen and oxygen atoms in total. The number of amides is 1. The van der Waals surface area contributed by atoms with Gasteiger partial charge in [-0.15, -0.1) is 22.7 Å². The molecule has 0 spiro atoms. The highest BCUT2D eigenvalue weighted by atomic mass is 32.2. The van der Waals surface area contributed by atoms with Crippen molar-refractivity contribution in [2.24, 2.45) is 5.92 Å². The number of sulfonamides is 1. The lowest BCUT2D eigenvalue weighted by atomic mass is 10.0. The zero-order valence-corrected chi connectivity index (χ0v) is 19.4. The van der Waals surface area contributed by atoms with Crippen molar-refractivity contribution in [1.82, 2.24) is 5.32 Å². The molecule has 2 aromatic heterocycles. The van der Waals surface area contributed by atoms with Crippen molar-refractivity contribution in [3.8, 4) is 5.75 Å². The van der Waals surface area contributed by atoms with Gasteiger partial charge in [0.05, 0.1) is 18.8 Å². The van der Waals surface area contributed by atoms with Gasteiger partial charge >= 0.3 is 0 Å². The third kappa shape index (κ3) is 4.85. The van der Waals surface area contributed by atoms with Crippen LogP contribution in [0.4, 0.5) is 5.69 Å². The predicted octanol–water partition coefficient (Wildman–Crippen LogP) is 4.53. The lowest BCUT2D eigenvalue weighted by molar-refractivity contribution is -0.120. The molecule has 2 heterocycles. The maximum atomic E-state index is 13.3. The molecule has 3 aromatic rings. The fourth-order valence-electron chi connectivity index (χ4n) is 3.04. The van der Waals surface area contributed by atoms with E-state index in [4.69, 9.17) is 4.74 Å².